The van der Waals surface area contributed by atoms with E-state index in [2.05, 4.69) is 20.8 Å². The number of nitrogens with zero attached hydrogens (tertiary/aromatic N) is 2. The fourth-order valence-corrected chi connectivity index (χ4v) is 2.85. The lowest BCUT2D eigenvalue weighted by atomic mass is 10.1. The number of carbonyl (C=O) groups excluding carboxylic acids is 1. The summed E-state index contributed by atoms with van der Waals surface area (Å²) in [5, 5.41) is 9.37. The molecule has 11 heteroatoms. The van der Waals surface area contributed by atoms with Crippen LogP contribution in [0.15, 0.2) is 54.0 Å². The van der Waals surface area contributed by atoms with Crippen LogP contribution in [0.2, 0.25) is 5.02 Å². The number of halogens is 4. The molecule has 1 aromatic heterocycles. The van der Waals surface area contributed by atoms with E-state index in [-0.39, 0.29) is 35.3 Å². The van der Waals surface area contributed by atoms with Crippen molar-refractivity contribution < 1.29 is 27.5 Å². The number of hydrogen-bond donors (Lipinski definition) is 2. The summed E-state index contributed by atoms with van der Waals surface area (Å²) in [5.74, 6) is 0.478. The summed E-state index contributed by atoms with van der Waals surface area (Å²) in [6.07, 6.45) is -1.27. The number of benzene rings is 1. The Balaban J connectivity index is 1.46. The van der Waals surface area contributed by atoms with E-state index >= 15 is 0 Å². The Morgan fingerprint density at radius 1 is 1.35 bits per heavy atom. The van der Waals surface area contributed by atoms with Crippen LogP contribution in [0, 0.1) is 0 Å². The maximum Gasteiger partial charge on any atom is 0.417 e. The standard InChI is InChI=1S/C20H18ClF3N4O3/c1-30-14-4-2-13(3-5-14)25-7-6-18(29)17-9-15(31-28-17)11-27-19-16(21)8-12(10-26-19)20(22,23)24/h2-8,10,15,25H,9,11H2,1H3,(H,26,27)/b7-6+/t15-/m0/s1. The molecule has 31 heavy (non-hydrogen) atoms. The molecule has 0 unspecified atom stereocenters. The molecule has 0 amide bonds. The van der Waals surface area contributed by atoms with Crippen LogP contribution < -0.4 is 15.4 Å². The van der Waals surface area contributed by atoms with Crippen molar-refractivity contribution in [3.63, 3.8) is 0 Å². The average molecular weight is 455 g/mol. The first-order chi connectivity index (χ1) is 14.8. The first-order valence-electron chi connectivity index (χ1n) is 9.07. The fourth-order valence-electron chi connectivity index (χ4n) is 2.61. The second-order valence-corrected chi connectivity index (χ2v) is 6.88. The number of ketones is 1. The van der Waals surface area contributed by atoms with Crippen LogP contribution in [0.1, 0.15) is 12.0 Å². The molecule has 3 rings (SSSR count). The first-order valence-corrected chi connectivity index (χ1v) is 9.45. The lowest BCUT2D eigenvalue weighted by Gasteiger charge is -2.13. The number of oxime groups is 1. The SMILES string of the molecule is COc1ccc(N/C=C/C(=O)C2=NO[C@H](CNc3ncc(C(F)(F)F)cc3Cl)C2)cc1. The number of aromatic nitrogens is 1. The van der Waals surface area contributed by atoms with Gasteiger partial charge < -0.3 is 20.2 Å². The molecule has 0 aliphatic carbocycles. The Bertz CT molecular complexity index is 994. The smallest absolute Gasteiger partial charge is 0.417 e. The monoisotopic (exact) mass is 454 g/mol. The predicted octanol–water partition coefficient (Wildman–Crippen LogP) is 4.51. The number of carbonyl (C=O) groups is 1. The van der Waals surface area contributed by atoms with Crippen LogP contribution in [0.25, 0.3) is 0 Å². The number of allylic oxidation sites excluding steroid dienone is 1. The molecule has 0 fully saturated rings. The zero-order valence-electron chi connectivity index (χ0n) is 16.2. The van der Waals surface area contributed by atoms with E-state index < -0.39 is 17.8 Å². The molecule has 2 aromatic rings. The normalized spacial score (nSPS) is 16.0. The Hall–Kier alpha value is -3.27. The second-order valence-electron chi connectivity index (χ2n) is 6.47. The molecule has 7 nitrogen and oxygen atoms in total. The average Bonchev–Trinajstić information content (AvgIpc) is 3.22. The predicted molar refractivity (Wildman–Crippen MR) is 110 cm³/mol. The highest BCUT2D eigenvalue weighted by molar-refractivity contribution is 6.44. The van der Waals surface area contributed by atoms with Crippen molar-refractivity contribution >= 4 is 34.6 Å². The van der Waals surface area contributed by atoms with Gasteiger partial charge in [0.1, 0.15) is 17.3 Å². The van der Waals surface area contributed by atoms with Crippen molar-refractivity contribution in [3.05, 3.63) is 59.4 Å². The number of methoxy groups -OCH3 is 1. The molecule has 2 N–H and O–H groups in total. The zero-order valence-corrected chi connectivity index (χ0v) is 17.0. The number of anilines is 2. The van der Waals surface area contributed by atoms with E-state index in [1.807, 2.05) is 0 Å². The van der Waals surface area contributed by atoms with E-state index in [0.29, 0.717) is 6.20 Å². The van der Waals surface area contributed by atoms with E-state index in [9.17, 15) is 18.0 Å². The highest BCUT2D eigenvalue weighted by Gasteiger charge is 2.32. The minimum absolute atomic E-state index is 0.0848. The number of alkyl halides is 3. The lowest BCUT2D eigenvalue weighted by Crippen LogP contribution is -2.22. The Morgan fingerprint density at radius 2 is 2.10 bits per heavy atom. The highest BCUT2D eigenvalue weighted by Crippen LogP contribution is 2.32. The molecule has 2 heterocycles. The first kappa shape index (κ1) is 22.4. The molecular formula is C20H18ClF3N4O3. The van der Waals surface area contributed by atoms with Gasteiger partial charge in [0.2, 0.25) is 5.78 Å². The zero-order chi connectivity index (χ0) is 22.4. The van der Waals surface area contributed by atoms with Crippen molar-refractivity contribution in [1.29, 1.82) is 0 Å². The summed E-state index contributed by atoms with van der Waals surface area (Å²) >= 11 is 5.85. The van der Waals surface area contributed by atoms with E-state index in [0.717, 1.165) is 17.5 Å². The van der Waals surface area contributed by atoms with Gasteiger partial charge in [-0.25, -0.2) is 4.98 Å². The molecule has 0 bridgehead atoms. The number of ether oxygens (including phenoxy) is 1. The van der Waals surface area contributed by atoms with Gasteiger partial charge in [-0.05, 0) is 30.3 Å². The molecule has 1 atom stereocenters. The second kappa shape index (κ2) is 9.69. The van der Waals surface area contributed by atoms with E-state index in [1.165, 1.54) is 12.3 Å². The molecule has 1 aromatic carbocycles. The van der Waals surface area contributed by atoms with Crippen molar-refractivity contribution in [1.82, 2.24) is 4.98 Å². The molecule has 0 saturated heterocycles. The number of pyridine rings is 1. The van der Waals surface area contributed by atoms with Crippen LogP contribution in [-0.4, -0.2) is 36.2 Å². The molecule has 1 aliphatic heterocycles. The third-order valence-electron chi connectivity index (χ3n) is 4.26. The van der Waals surface area contributed by atoms with Gasteiger partial charge in [0, 0.05) is 30.6 Å². The third kappa shape index (κ3) is 6.11. The van der Waals surface area contributed by atoms with Crippen molar-refractivity contribution in [2.24, 2.45) is 5.16 Å². The van der Waals surface area contributed by atoms with E-state index in [1.54, 1.807) is 31.4 Å². The van der Waals surface area contributed by atoms with Gasteiger partial charge in [-0.15, -0.1) is 0 Å². The van der Waals surface area contributed by atoms with Crippen LogP contribution in [-0.2, 0) is 15.8 Å². The van der Waals surface area contributed by atoms with Crippen LogP contribution >= 0.6 is 11.6 Å². The molecule has 164 valence electrons. The molecule has 0 radical (unpaired) electrons. The summed E-state index contributed by atoms with van der Waals surface area (Å²) in [5.41, 5.74) is 0.0648. The quantitative estimate of drug-likeness (QED) is 0.571. The number of hydrogen-bond acceptors (Lipinski definition) is 7. The van der Waals surface area contributed by atoms with Gasteiger partial charge >= 0.3 is 6.18 Å². The van der Waals surface area contributed by atoms with Gasteiger partial charge in [0.05, 0.1) is 24.2 Å². The molecule has 0 saturated carbocycles. The Kier molecular flexibility index (Phi) is 7.01. The largest absolute Gasteiger partial charge is 0.497 e. The maximum atomic E-state index is 12.7. The fraction of sp³-hybridized carbons (Fsp3) is 0.250. The highest BCUT2D eigenvalue weighted by atomic mass is 35.5. The topological polar surface area (TPSA) is 84.8 Å². The minimum atomic E-state index is -4.53. The van der Waals surface area contributed by atoms with Crippen molar-refractivity contribution in [2.75, 3.05) is 24.3 Å². The summed E-state index contributed by atoms with van der Waals surface area (Å²) < 4.78 is 43.1. The summed E-state index contributed by atoms with van der Waals surface area (Å²) in [6.45, 7) is 0.159. The minimum Gasteiger partial charge on any atom is -0.497 e. The van der Waals surface area contributed by atoms with Crippen LogP contribution in [0.4, 0.5) is 24.7 Å². The molecule has 0 spiro atoms. The number of nitrogens with one attached hydrogen (secondary N) is 2. The molecule has 1 aliphatic rings. The Morgan fingerprint density at radius 3 is 2.74 bits per heavy atom. The summed E-state index contributed by atoms with van der Waals surface area (Å²) in [4.78, 5) is 21.1. The number of rotatable bonds is 8. The summed E-state index contributed by atoms with van der Waals surface area (Å²) in [6, 6.07) is 7.95. The summed E-state index contributed by atoms with van der Waals surface area (Å²) in [7, 11) is 1.57. The van der Waals surface area contributed by atoms with Crippen LogP contribution in [0.5, 0.6) is 5.75 Å². The van der Waals surface area contributed by atoms with Gasteiger partial charge in [-0.1, -0.05) is 16.8 Å². The molecular weight excluding hydrogens is 437 g/mol. The lowest BCUT2D eigenvalue weighted by molar-refractivity contribution is -0.137. The third-order valence-corrected chi connectivity index (χ3v) is 4.55. The van der Waals surface area contributed by atoms with Gasteiger partial charge in [-0.3, -0.25) is 4.79 Å². The van der Waals surface area contributed by atoms with Crippen LogP contribution in [0.3, 0.4) is 0 Å². The van der Waals surface area contributed by atoms with Gasteiger partial charge in [0.15, 0.2) is 6.10 Å². The van der Waals surface area contributed by atoms with Gasteiger partial charge in [0.25, 0.3) is 0 Å². The Labute approximate surface area is 180 Å². The van der Waals surface area contributed by atoms with E-state index in [4.69, 9.17) is 21.2 Å². The van der Waals surface area contributed by atoms with Crippen molar-refractivity contribution in [2.45, 2.75) is 18.7 Å². The van der Waals surface area contributed by atoms with Crippen molar-refractivity contribution in [3.8, 4) is 5.75 Å². The van der Waals surface area contributed by atoms with Gasteiger partial charge in [-0.2, -0.15) is 13.2 Å². The maximum absolute atomic E-state index is 12.7.